The van der Waals surface area contributed by atoms with E-state index in [1.165, 1.54) is 24.0 Å². The molecule has 0 amide bonds. The normalized spacial score (nSPS) is 29.3. The van der Waals surface area contributed by atoms with Gasteiger partial charge in [0.15, 0.2) is 11.5 Å². The van der Waals surface area contributed by atoms with Crippen LogP contribution in [0.3, 0.4) is 0 Å². The Morgan fingerprint density at radius 1 is 1.22 bits per heavy atom. The lowest BCUT2D eigenvalue weighted by atomic mass is 9.91. The first-order chi connectivity index (χ1) is 8.93. The van der Waals surface area contributed by atoms with Gasteiger partial charge >= 0.3 is 0 Å². The minimum Gasteiger partial charge on any atom is -0.454 e. The Balaban J connectivity index is 1.79. The molecule has 0 bridgehead atoms. The first-order valence-electron chi connectivity index (χ1n) is 6.70. The molecular formula is C14H17NO3. The minimum atomic E-state index is 0.118. The summed E-state index contributed by atoms with van der Waals surface area (Å²) in [5, 5.41) is 3.54. The summed E-state index contributed by atoms with van der Waals surface area (Å²) in [5.74, 6) is 1.77. The van der Waals surface area contributed by atoms with Crippen LogP contribution < -0.4 is 14.8 Å². The fourth-order valence-corrected chi connectivity index (χ4v) is 3.23. The van der Waals surface area contributed by atoms with E-state index in [0.29, 0.717) is 12.8 Å². The number of ether oxygens (including phenoxy) is 3. The molecule has 96 valence electrons. The Labute approximate surface area is 106 Å². The Kier molecular flexibility index (Phi) is 2.45. The van der Waals surface area contributed by atoms with Crippen molar-refractivity contribution in [1.29, 1.82) is 0 Å². The zero-order valence-electron chi connectivity index (χ0n) is 10.3. The van der Waals surface area contributed by atoms with E-state index in [2.05, 4.69) is 11.4 Å². The summed E-state index contributed by atoms with van der Waals surface area (Å²) in [6.45, 7) is 2.22. The SMILES string of the molecule is c1cc2c(c3c1CCO[C@@H]3[C@@H]1CCCN1)OCO2. The molecule has 0 saturated carbocycles. The lowest BCUT2D eigenvalue weighted by Gasteiger charge is -2.31. The van der Waals surface area contributed by atoms with E-state index in [4.69, 9.17) is 14.2 Å². The van der Waals surface area contributed by atoms with E-state index in [0.717, 1.165) is 31.1 Å². The summed E-state index contributed by atoms with van der Waals surface area (Å²) in [4.78, 5) is 0. The number of rotatable bonds is 1. The first kappa shape index (κ1) is 10.6. The fraction of sp³-hybridized carbons (Fsp3) is 0.571. The van der Waals surface area contributed by atoms with Crippen molar-refractivity contribution in [3.8, 4) is 11.5 Å². The zero-order chi connectivity index (χ0) is 11.9. The molecule has 0 aromatic heterocycles. The molecular weight excluding hydrogens is 230 g/mol. The van der Waals surface area contributed by atoms with Gasteiger partial charge in [-0.1, -0.05) is 6.07 Å². The van der Waals surface area contributed by atoms with Gasteiger partial charge in [0, 0.05) is 11.6 Å². The highest BCUT2D eigenvalue weighted by Gasteiger charge is 2.35. The molecule has 0 spiro atoms. The molecule has 1 saturated heterocycles. The quantitative estimate of drug-likeness (QED) is 0.821. The van der Waals surface area contributed by atoms with Crippen molar-refractivity contribution in [2.45, 2.75) is 31.4 Å². The number of hydrogen-bond acceptors (Lipinski definition) is 4. The Morgan fingerprint density at radius 3 is 3.11 bits per heavy atom. The largest absolute Gasteiger partial charge is 0.454 e. The predicted molar refractivity (Wildman–Crippen MR) is 66.0 cm³/mol. The third-order valence-electron chi connectivity index (χ3n) is 4.09. The molecule has 1 fully saturated rings. The fourth-order valence-electron chi connectivity index (χ4n) is 3.23. The van der Waals surface area contributed by atoms with Crippen molar-refractivity contribution in [1.82, 2.24) is 5.32 Å². The topological polar surface area (TPSA) is 39.7 Å². The zero-order valence-corrected chi connectivity index (χ0v) is 10.3. The maximum atomic E-state index is 6.02. The molecule has 3 heterocycles. The van der Waals surface area contributed by atoms with Crippen LogP contribution in [-0.4, -0.2) is 26.0 Å². The maximum absolute atomic E-state index is 6.02. The van der Waals surface area contributed by atoms with Crippen LogP contribution in [0, 0.1) is 0 Å². The van der Waals surface area contributed by atoms with E-state index >= 15 is 0 Å². The van der Waals surface area contributed by atoms with Gasteiger partial charge in [0.1, 0.15) is 6.10 Å². The molecule has 4 rings (SSSR count). The highest BCUT2D eigenvalue weighted by molar-refractivity contribution is 5.54. The average Bonchev–Trinajstić information content (AvgIpc) is 3.09. The molecule has 0 unspecified atom stereocenters. The predicted octanol–water partition coefficient (Wildman–Crippen LogP) is 1.78. The molecule has 0 aliphatic carbocycles. The summed E-state index contributed by atoms with van der Waals surface area (Å²) >= 11 is 0. The highest BCUT2D eigenvalue weighted by Crippen LogP contribution is 2.45. The second kappa shape index (κ2) is 4.14. The van der Waals surface area contributed by atoms with E-state index in [9.17, 15) is 0 Å². The van der Waals surface area contributed by atoms with Crippen LogP contribution in [0.15, 0.2) is 12.1 Å². The molecule has 3 aliphatic heterocycles. The molecule has 1 aromatic rings. The summed E-state index contributed by atoms with van der Waals surface area (Å²) in [7, 11) is 0. The lowest BCUT2D eigenvalue weighted by molar-refractivity contribution is 0.0179. The van der Waals surface area contributed by atoms with Crippen LogP contribution in [0.25, 0.3) is 0 Å². The van der Waals surface area contributed by atoms with Crippen molar-refractivity contribution in [2.24, 2.45) is 0 Å². The third kappa shape index (κ3) is 1.52. The smallest absolute Gasteiger partial charge is 0.231 e. The maximum Gasteiger partial charge on any atom is 0.231 e. The second-order valence-corrected chi connectivity index (χ2v) is 5.12. The van der Waals surface area contributed by atoms with Crippen molar-refractivity contribution < 1.29 is 14.2 Å². The third-order valence-corrected chi connectivity index (χ3v) is 4.09. The van der Waals surface area contributed by atoms with E-state index in [-0.39, 0.29) is 6.10 Å². The molecule has 3 aliphatic rings. The van der Waals surface area contributed by atoms with Gasteiger partial charge in [-0.05, 0) is 37.4 Å². The lowest BCUT2D eigenvalue weighted by Crippen LogP contribution is -2.34. The van der Waals surface area contributed by atoms with Crippen LogP contribution in [0.4, 0.5) is 0 Å². The first-order valence-corrected chi connectivity index (χ1v) is 6.70. The summed E-state index contributed by atoms with van der Waals surface area (Å²) in [6, 6.07) is 4.60. The summed E-state index contributed by atoms with van der Waals surface area (Å²) in [6.07, 6.45) is 3.49. The van der Waals surface area contributed by atoms with Crippen LogP contribution in [0.2, 0.25) is 0 Å². The molecule has 18 heavy (non-hydrogen) atoms. The van der Waals surface area contributed by atoms with E-state index < -0.39 is 0 Å². The van der Waals surface area contributed by atoms with Crippen LogP contribution in [0.5, 0.6) is 11.5 Å². The molecule has 0 radical (unpaired) electrons. The molecule has 1 N–H and O–H groups in total. The second-order valence-electron chi connectivity index (χ2n) is 5.12. The monoisotopic (exact) mass is 247 g/mol. The number of benzene rings is 1. The van der Waals surface area contributed by atoms with Crippen molar-refractivity contribution >= 4 is 0 Å². The average molecular weight is 247 g/mol. The van der Waals surface area contributed by atoms with E-state index in [1.807, 2.05) is 6.07 Å². The van der Waals surface area contributed by atoms with Crippen molar-refractivity contribution in [2.75, 3.05) is 19.9 Å². The summed E-state index contributed by atoms with van der Waals surface area (Å²) < 4.78 is 17.1. The van der Waals surface area contributed by atoms with Gasteiger partial charge in [-0.2, -0.15) is 0 Å². The van der Waals surface area contributed by atoms with Gasteiger partial charge in [0.05, 0.1) is 6.61 Å². The Morgan fingerprint density at radius 2 is 2.22 bits per heavy atom. The van der Waals surface area contributed by atoms with Gasteiger partial charge in [-0.25, -0.2) is 0 Å². The standard InChI is InChI=1S/C14H17NO3/c1-2-10(15-6-1)13-12-9(5-7-16-13)3-4-11-14(12)18-8-17-11/h3-4,10,13,15H,1-2,5-8H2/t10-,13+/m0/s1. The Bertz CT molecular complexity index is 468. The van der Waals surface area contributed by atoms with Gasteiger partial charge in [0.2, 0.25) is 6.79 Å². The van der Waals surface area contributed by atoms with E-state index in [1.54, 1.807) is 0 Å². The summed E-state index contributed by atoms with van der Waals surface area (Å²) in [5.41, 5.74) is 2.57. The molecule has 1 aromatic carbocycles. The van der Waals surface area contributed by atoms with Gasteiger partial charge in [0.25, 0.3) is 0 Å². The molecule has 4 nitrogen and oxygen atoms in total. The Hall–Kier alpha value is -1.26. The van der Waals surface area contributed by atoms with Crippen molar-refractivity contribution in [3.63, 3.8) is 0 Å². The number of fused-ring (bicyclic) bond motifs is 3. The number of nitrogens with one attached hydrogen (secondary N) is 1. The van der Waals surface area contributed by atoms with Crippen LogP contribution in [0.1, 0.15) is 30.1 Å². The number of hydrogen-bond donors (Lipinski definition) is 1. The van der Waals surface area contributed by atoms with Gasteiger partial charge in [-0.3, -0.25) is 0 Å². The van der Waals surface area contributed by atoms with Crippen LogP contribution >= 0.6 is 0 Å². The van der Waals surface area contributed by atoms with Gasteiger partial charge < -0.3 is 19.5 Å². The van der Waals surface area contributed by atoms with Crippen molar-refractivity contribution in [3.05, 3.63) is 23.3 Å². The molecule has 2 atom stereocenters. The van der Waals surface area contributed by atoms with Crippen LogP contribution in [-0.2, 0) is 11.2 Å². The minimum absolute atomic E-state index is 0.118. The highest BCUT2D eigenvalue weighted by atomic mass is 16.7. The molecule has 4 heteroatoms. The van der Waals surface area contributed by atoms with Gasteiger partial charge in [-0.15, -0.1) is 0 Å².